The van der Waals surface area contributed by atoms with Crippen LogP contribution in [0.25, 0.3) is 0 Å². The second kappa shape index (κ2) is 4.57. The first-order valence-corrected chi connectivity index (χ1v) is 5.60. The molecule has 0 radical (unpaired) electrons. The fourth-order valence-corrected chi connectivity index (χ4v) is 2.20. The predicted octanol–water partition coefficient (Wildman–Crippen LogP) is 0.445. The van der Waals surface area contributed by atoms with E-state index in [1.54, 1.807) is 13.2 Å². The van der Waals surface area contributed by atoms with Crippen molar-refractivity contribution in [3.63, 3.8) is 0 Å². The third-order valence-electron chi connectivity index (χ3n) is 3.17. The highest BCUT2D eigenvalue weighted by Crippen LogP contribution is 2.27. The molecule has 2 N–H and O–H groups in total. The third kappa shape index (κ3) is 2.30. The van der Waals surface area contributed by atoms with Crippen LogP contribution < -0.4 is 10.9 Å². The van der Waals surface area contributed by atoms with Gasteiger partial charge in [-0.05, 0) is 12.8 Å². The quantitative estimate of drug-likeness (QED) is 0.797. The normalized spacial score (nSPS) is 23.6. The van der Waals surface area contributed by atoms with Crippen molar-refractivity contribution in [2.75, 3.05) is 5.32 Å². The average Bonchev–Trinajstić information content (AvgIpc) is 2.73. The van der Waals surface area contributed by atoms with E-state index < -0.39 is 11.9 Å². The van der Waals surface area contributed by atoms with Gasteiger partial charge in [-0.2, -0.15) is 0 Å². The Morgan fingerprint density at radius 2 is 2.35 bits per heavy atom. The van der Waals surface area contributed by atoms with E-state index in [1.165, 1.54) is 10.8 Å². The zero-order valence-corrected chi connectivity index (χ0v) is 9.59. The van der Waals surface area contributed by atoms with Crippen LogP contribution in [-0.4, -0.2) is 26.7 Å². The second-order valence-corrected chi connectivity index (χ2v) is 4.32. The van der Waals surface area contributed by atoms with Gasteiger partial charge < -0.3 is 15.0 Å². The Hall–Kier alpha value is -1.85. The molecule has 2 atom stereocenters. The van der Waals surface area contributed by atoms with Gasteiger partial charge in [0.1, 0.15) is 0 Å². The SMILES string of the molecule is Cn1ccnc(NC2CCCC2C(=O)O)c1=O. The van der Waals surface area contributed by atoms with Gasteiger partial charge in [0.2, 0.25) is 0 Å². The number of carbonyl (C=O) groups is 1. The smallest absolute Gasteiger partial charge is 0.308 e. The number of nitrogens with one attached hydrogen (secondary N) is 1. The van der Waals surface area contributed by atoms with Crippen LogP contribution >= 0.6 is 0 Å². The standard InChI is InChI=1S/C11H15N3O3/c1-14-6-5-12-9(10(14)15)13-8-4-2-3-7(8)11(16)17/h5-8H,2-4H2,1H3,(H,12,13)(H,16,17). The summed E-state index contributed by atoms with van der Waals surface area (Å²) in [6, 6.07) is -0.199. The molecule has 1 heterocycles. The number of aliphatic carboxylic acids is 1. The van der Waals surface area contributed by atoms with Gasteiger partial charge in [0, 0.05) is 25.5 Å². The Balaban J connectivity index is 2.18. The lowest BCUT2D eigenvalue weighted by atomic mass is 10.0. The van der Waals surface area contributed by atoms with Gasteiger partial charge in [-0.25, -0.2) is 4.98 Å². The van der Waals surface area contributed by atoms with Crippen molar-refractivity contribution in [2.24, 2.45) is 13.0 Å². The lowest BCUT2D eigenvalue weighted by Crippen LogP contribution is -2.33. The number of hydrogen-bond donors (Lipinski definition) is 2. The number of hydrogen-bond acceptors (Lipinski definition) is 4. The Labute approximate surface area is 98.3 Å². The molecule has 0 amide bonds. The van der Waals surface area contributed by atoms with E-state index in [9.17, 15) is 9.59 Å². The molecule has 1 aromatic heterocycles. The van der Waals surface area contributed by atoms with Crippen LogP contribution in [0.15, 0.2) is 17.2 Å². The minimum absolute atomic E-state index is 0.199. The summed E-state index contributed by atoms with van der Waals surface area (Å²) in [6.45, 7) is 0. The molecule has 1 aromatic rings. The Morgan fingerprint density at radius 1 is 1.59 bits per heavy atom. The number of carboxylic acids is 1. The van der Waals surface area contributed by atoms with Gasteiger partial charge in [0.15, 0.2) is 5.82 Å². The maximum absolute atomic E-state index is 11.7. The molecule has 0 aliphatic heterocycles. The molecule has 1 aliphatic rings. The fraction of sp³-hybridized carbons (Fsp3) is 0.545. The highest BCUT2D eigenvalue weighted by atomic mass is 16.4. The summed E-state index contributed by atoms with van der Waals surface area (Å²) in [5, 5.41) is 12.0. The first-order valence-electron chi connectivity index (χ1n) is 5.60. The fourth-order valence-electron chi connectivity index (χ4n) is 2.20. The number of anilines is 1. The van der Waals surface area contributed by atoms with Gasteiger partial charge in [-0.1, -0.05) is 6.42 Å². The van der Waals surface area contributed by atoms with Crippen molar-refractivity contribution in [1.29, 1.82) is 0 Å². The van der Waals surface area contributed by atoms with Crippen molar-refractivity contribution in [3.8, 4) is 0 Å². The molecular weight excluding hydrogens is 222 g/mol. The van der Waals surface area contributed by atoms with E-state index in [1.807, 2.05) is 0 Å². The van der Waals surface area contributed by atoms with Crippen LogP contribution in [0.5, 0.6) is 0 Å². The van der Waals surface area contributed by atoms with E-state index in [4.69, 9.17) is 5.11 Å². The summed E-state index contributed by atoms with van der Waals surface area (Å²) in [6.07, 6.45) is 5.37. The third-order valence-corrected chi connectivity index (χ3v) is 3.17. The van der Waals surface area contributed by atoms with Crippen LogP contribution in [0.1, 0.15) is 19.3 Å². The van der Waals surface area contributed by atoms with Crippen molar-refractivity contribution in [1.82, 2.24) is 9.55 Å². The first-order chi connectivity index (χ1) is 8.09. The van der Waals surface area contributed by atoms with Crippen molar-refractivity contribution in [3.05, 3.63) is 22.7 Å². The van der Waals surface area contributed by atoms with Crippen LogP contribution in [-0.2, 0) is 11.8 Å². The molecule has 92 valence electrons. The molecule has 0 spiro atoms. The Morgan fingerprint density at radius 3 is 3.06 bits per heavy atom. The Kier molecular flexibility index (Phi) is 3.12. The predicted molar refractivity (Wildman–Crippen MR) is 61.9 cm³/mol. The van der Waals surface area contributed by atoms with Gasteiger partial charge in [-0.15, -0.1) is 0 Å². The lowest BCUT2D eigenvalue weighted by Gasteiger charge is -2.17. The van der Waals surface area contributed by atoms with E-state index in [2.05, 4.69) is 10.3 Å². The molecular formula is C11H15N3O3. The highest BCUT2D eigenvalue weighted by Gasteiger charge is 2.33. The summed E-state index contributed by atoms with van der Waals surface area (Å²) >= 11 is 0. The van der Waals surface area contributed by atoms with E-state index in [0.29, 0.717) is 6.42 Å². The summed E-state index contributed by atoms with van der Waals surface area (Å²) < 4.78 is 1.42. The molecule has 1 aliphatic carbocycles. The average molecular weight is 237 g/mol. The summed E-state index contributed by atoms with van der Waals surface area (Å²) in [7, 11) is 1.64. The number of aromatic nitrogens is 2. The molecule has 1 fully saturated rings. The Bertz CT molecular complexity index is 483. The van der Waals surface area contributed by atoms with E-state index >= 15 is 0 Å². The summed E-state index contributed by atoms with van der Waals surface area (Å²) in [5.41, 5.74) is -0.233. The second-order valence-electron chi connectivity index (χ2n) is 4.32. The number of aryl methyl sites for hydroxylation is 1. The first kappa shape index (κ1) is 11.6. The molecule has 1 saturated carbocycles. The molecule has 0 bridgehead atoms. The highest BCUT2D eigenvalue weighted by molar-refractivity contribution is 5.72. The van der Waals surface area contributed by atoms with Crippen LogP contribution in [0, 0.1) is 5.92 Å². The lowest BCUT2D eigenvalue weighted by molar-refractivity contribution is -0.141. The molecule has 6 heteroatoms. The van der Waals surface area contributed by atoms with E-state index in [-0.39, 0.29) is 17.4 Å². The molecule has 17 heavy (non-hydrogen) atoms. The maximum Gasteiger partial charge on any atom is 0.308 e. The minimum atomic E-state index is -0.812. The molecule has 6 nitrogen and oxygen atoms in total. The minimum Gasteiger partial charge on any atom is -0.481 e. The number of nitrogens with zero attached hydrogens (tertiary/aromatic N) is 2. The topological polar surface area (TPSA) is 84.2 Å². The van der Waals surface area contributed by atoms with Gasteiger partial charge in [0.05, 0.1) is 5.92 Å². The van der Waals surface area contributed by atoms with Crippen molar-refractivity contribution >= 4 is 11.8 Å². The van der Waals surface area contributed by atoms with Crippen molar-refractivity contribution in [2.45, 2.75) is 25.3 Å². The van der Waals surface area contributed by atoms with Crippen LogP contribution in [0.4, 0.5) is 5.82 Å². The monoisotopic (exact) mass is 237 g/mol. The van der Waals surface area contributed by atoms with Gasteiger partial charge in [-0.3, -0.25) is 9.59 Å². The molecule has 0 aromatic carbocycles. The maximum atomic E-state index is 11.7. The zero-order valence-electron chi connectivity index (χ0n) is 9.59. The number of carboxylic acid groups (broad SMARTS) is 1. The largest absolute Gasteiger partial charge is 0.481 e. The van der Waals surface area contributed by atoms with E-state index in [0.717, 1.165) is 12.8 Å². The van der Waals surface area contributed by atoms with Gasteiger partial charge in [0.25, 0.3) is 5.56 Å². The molecule has 0 saturated heterocycles. The zero-order chi connectivity index (χ0) is 12.4. The summed E-state index contributed by atoms with van der Waals surface area (Å²) in [4.78, 5) is 26.7. The molecule has 2 rings (SSSR count). The van der Waals surface area contributed by atoms with Gasteiger partial charge >= 0.3 is 5.97 Å². The number of rotatable bonds is 3. The molecule has 2 unspecified atom stereocenters. The van der Waals surface area contributed by atoms with Crippen molar-refractivity contribution < 1.29 is 9.90 Å². The summed E-state index contributed by atoms with van der Waals surface area (Å²) in [5.74, 6) is -1.01. The van der Waals surface area contributed by atoms with Crippen LogP contribution in [0.3, 0.4) is 0 Å². The van der Waals surface area contributed by atoms with Crippen LogP contribution in [0.2, 0.25) is 0 Å².